The largest absolute Gasteiger partial charge is 0.379 e. The van der Waals surface area contributed by atoms with E-state index < -0.39 is 31.4 Å². The molecule has 224 valence electrons. The molecular formula is C32H27N3O6S3. The molecule has 1 amide bonds. The quantitative estimate of drug-likeness (QED) is 0.0502. The minimum atomic E-state index is -4.40. The van der Waals surface area contributed by atoms with Crippen LogP contribution in [-0.4, -0.2) is 37.3 Å². The number of carbonyl (C=O) groups is 2. The lowest BCUT2D eigenvalue weighted by molar-refractivity contribution is -0.384. The number of thioether (sulfide) groups is 1. The summed E-state index contributed by atoms with van der Waals surface area (Å²) < 4.78 is 29.0. The van der Waals surface area contributed by atoms with Crippen molar-refractivity contribution in [3.05, 3.63) is 117 Å². The normalized spacial score (nSPS) is 11.3. The Hall–Kier alpha value is -4.52. The summed E-state index contributed by atoms with van der Waals surface area (Å²) in [5, 5.41) is 15.7. The van der Waals surface area contributed by atoms with E-state index >= 15 is 0 Å². The standard InChI is InChI=1S/C32H27N3O6S3/c1-20-27-18-24(12-15-30(27)43-31(20)21(2)36)22-8-10-23(11-9-22)32(37)34-44(40,41)26-13-14-28(29(19-26)35(38)39)33-16-17-42-25-6-4-3-5-7-25/h3-15,18-19,33H,16-17H2,1-2H3,(H,34,37). The molecule has 0 atom stereocenters. The second kappa shape index (κ2) is 13.0. The predicted octanol–water partition coefficient (Wildman–Crippen LogP) is 7.31. The SMILES string of the molecule is CC(=O)c1sc2ccc(-c3ccc(C(=O)NS(=O)(=O)c4ccc(NCCSc5ccccc5)c([N+](=O)[O-])c4)cc3)cc2c1C. The van der Waals surface area contributed by atoms with Gasteiger partial charge in [-0.3, -0.25) is 19.7 Å². The van der Waals surface area contributed by atoms with Crippen LogP contribution in [0.25, 0.3) is 21.2 Å². The molecule has 1 heterocycles. The molecule has 4 aromatic carbocycles. The van der Waals surface area contributed by atoms with Gasteiger partial charge >= 0.3 is 0 Å². The highest BCUT2D eigenvalue weighted by atomic mass is 32.2. The first-order chi connectivity index (χ1) is 21.0. The smallest absolute Gasteiger partial charge is 0.293 e. The summed E-state index contributed by atoms with van der Waals surface area (Å²) in [6.07, 6.45) is 0. The van der Waals surface area contributed by atoms with Crippen LogP contribution in [0, 0.1) is 17.0 Å². The maximum atomic E-state index is 13.0. The molecule has 1 aromatic heterocycles. The van der Waals surface area contributed by atoms with Gasteiger partial charge in [-0.25, -0.2) is 13.1 Å². The van der Waals surface area contributed by atoms with Gasteiger partial charge in [0.15, 0.2) is 5.78 Å². The highest BCUT2D eigenvalue weighted by Crippen LogP contribution is 2.34. The molecule has 0 aliphatic rings. The van der Waals surface area contributed by atoms with Crippen molar-refractivity contribution in [2.75, 3.05) is 17.6 Å². The fourth-order valence-electron chi connectivity index (χ4n) is 4.64. The Labute approximate surface area is 262 Å². The van der Waals surface area contributed by atoms with E-state index in [4.69, 9.17) is 0 Å². The summed E-state index contributed by atoms with van der Waals surface area (Å²) in [6.45, 7) is 3.88. The maximum Gasteiger partial charge on any atom is 0.293 e. The molecular weight excluding hydrogens is 619 g/mol. The van der Waals surface area contributed by atoms with Gasteiger partial charge in [0, 0.05) is 33.5 Å². The van der Waals surface area contributed by atoms with Gasteiger partial charge in [0.2, 0.25) is 0 Å². The number of benzene rings is 4. The predicted molar refractivity (Wildman–Crippen MR) is 175 cm³/mol. The number of nitro groups is 1. The first kappa shape index (κ1) is 30.9. The van der Waals surface area contributed by atoms with Crippen LogP contribution in [0.15, 0.2) is 101 Å². The zero-order chi connectivity index (χ0) is 31.4. The minimum absolute atomic E-state index is 0.0199. The van der Waals surface area contributed by atoms with Gasteiger partial charge in [-0.2, -0.15) is 0 Å². The van der Waals surface area contributed by atoms with Crippen LogP contribution < -0.4 is 10.0 Å². The number of thiophene rings is 1. The number of ketones is 1. The molecule has 44 heavy (non-hydrogen) atoms. The van der Waals surface area contributed by atoms with Crippen molar-refractivity contribution in [2.45, 2.75) is 23.6 Å². The van der Waals surface area contributed by atoms with E-state index in [0.717, 1.165) is 42.6 Å². The lowest BCUT2D eigenvalue weighted by Crippen LogP contribution is -2.30. The molecule has 12 heteroatoms. The second-order valence-corrected chi connectivity index (χ2v) is 13.8. The highest BCUT2D eigenvalue weighted by molar-refractivity contribution is 7.99. The van der Waals surface area contributed by atoms with Gasteiger partial charge in [0.25, 0.3) is 21.6 Å². The molecule has 0 fully saturated rings. The van der Waals surface area contributed by atoms with Gasteiger partial charge < -0.3 is 5.32 Å². The maximum absolute atomic E-state index is 13.0. The summed E-state index contributed by atoms with van der Waals surface area (Å²) in [5.41, 5.74) is 2.48. The molecule has 0 saturated carbocycles. The van der Waals surface area contributed by atoms with Gasteiger partial charge in [0.05, 0.1) is 14.7 Å². The molecule has 2 N–H and O–H groups in total. The van der Waals surface area contributed by atoms with Gasteiger partial charge in [0.1, 0.15) is 5.69 Å². The first-order valence-electron chi connectivity index (χ1n) is 13.5. The van der Waals surface area contributed by atoms with Crippen LogP contribution >= 0.6 is 23.1 Å². The van der Waals surface area contributed by atoms with E-state index in [1.54, 1.807) is 30.8 Å². The summed E-state index contributed by atoms with van der Waals surface area (Å²) in [4.78, 5) is 37.3. The van der Waals surface area contributed by atoms with Crippen LogP contribution in [-0.2, 0) is 10.0 Å². The Morgan fingerprint density at radius 2 is 1.64 bits per heavy atom. The third-order valence-electron chi connectivity index (χ3n) is 6.87. The van der Waals surface area contributed by atoms with Gasteiger partial charge in [-0.05, 0) is 84.5 Å². The monoisotopic (exact) mass is 645 g/mol. The number of rotatable bonds is 11. The van der Waals surface area contributed by atoms with Crippen molar-refractivity contribution in [1.29, 1.82) is 0 Å². The Kier molecular flexibility index (Phi) is 9.14. The summed E-state index contributed by atoms with van der Waals surface area (Å²) >= 11 is 3.03. The molecule has 0 saturated heterocycles. The molecule has 0 aliphatic heterocycles. The summed E-state index contributed by atoms with van der Waals surface area (Å²) in [5.74, 6) is -0.208. The van der Waals surface area contributed by atoms with Crippen molar-refractivity contribution in [1.82, 2.24) is 4.72 Å². The lowest BCUT2D eigenvalue weighted by Gasteiger charge is -2.11. The number of hydrogen-bond acceptors (Lipinski definition) is 9. The number of aryl methyl sites for hydroxylation is 1. The van der Waals surface area contributed by atoms with Crippen LogP contribution in [0.2, 0.25) is 0 Å². The third-order valence-corrected chi connectivity index (χ3v) is 10.6. The second-order valence-electron chi connectivity index (χ2n) is 9.86. The molecule has 0 bridgehead atoms. The van der Waals surface area contributed by atoms with E-state index in [1.165, 1.54) is 35.6 Å². The number of amides is 1. The first-order valence-corrected chi connectivity index (χ1v) is 16.7. The Bertz CT molecular complexity index is 1990. The van der Waals surface area contributed by atoms with E-state index in [1.807, 2.05) is 60.2 Å². The number of carbonyl (C=O) groups excluding carboxylic acids is 2. The van der Waals surface area contributed by atoms with E-state index in [-0.39, 0.29) is 17.0 Å². The van der Waals surface area contributed by atoms with Crippen LogP contribution in [0.4, 0.5) is 11.4 Å². The van der Waals surface area contributed by atoms with Crippen molar-refractivity contribution in [3.63, 3.8) is 0 Å². The van der Waals surface area contributed by atoms with Crippen molar-refractivity contribution < 1.29 is 22.9 Å². The van der Waals surface area contributed by atoms with Crippen LogP contribution in [0.5, 0.6) is 0 Å². The molecule has 0 radical (unpaired) electrons. The average molecular weight is 646 g/mol. The highest BCUT2D eigenvalue weighted by Gasteiger charge is 2.24. The fraction of sp³-hybridized carbons (Fsp3) is 0.125. The van der Waals surface area contributed by atoms with E-state index in [9.17, 15) is 28.1 Å². The number of hydrogen-bond donors (Lipinski definition) is 2. The van der Waals surface area contributed by atoms with Crippen LogP contribution in [0.1, 0.15) is 32.5 Å². The Morgan fingerprint density at radius 1 is 0.932 bits per heavy atom. The minimum Gasteiger partial charge on any atom is -0.379 e. The number of Topliss-reactive ketones (excluding diaryl/α,β-unsaturated/α-hetero) is 1. The molecule has 5 aromatic rings. The Balaban J connectivity index is 1.27. The number of anilines is 1. The van der Waals surface area contributed by atoms with E-state index in [2.05, 4.69) is 5.32 Å². The van der Waals surface area contributed by atoms with Gasteiger partial charge in [-0.1, -0.05) is 36.4 Å². The van der Waals surface area contributed by atoms with Crippen LogP contribution in [0.3, 0.4) is 0 Å². The number of nitrogens with one attached hydrogen (secondary N) is 2. The van der Waals surface area contributed by atoms with E-state index in [0.29, 0.717) is 12.3 Å². The average Bonchev–Trinajstić information content (AvgIpc) is 3.35. The Morgan fingerprint density at radius 3 is 2.32 bits per heavy atom. The molecule has 0 aliphatic carbocycles. The summed E-state index contributed by atoms with van der Waals surface area (Å²) in [6, 6.07) is 25.5. The number of nitro benzene ring substituents is 1. The molecule has 0 spiro atoms. The zero-order valence-corrected chi connectivity index (χ0v) is 26.1. The molecule has 9 nitrogen and oxygen atoms in total. The lowest BCUT2D eigenvalue weighted by atomic mass is 10.0. The van der Waals surface area contributed by atoms with Gasteiger partial charge in [-0.15, -0.1) is 23.1 Å². The van der Waals surface area contributed by atoms with Crippen molar-refractivity contribution in [2.24, 2.45) is 0 Å². The molecule has 0 unspecified atom stereocenters. The third kappa shape index (κ3) is 6.83. The summed E-state index contributed by atoms with van der Waals surface area (Å²) in [7, 11) is -4.40. The molecule has 5 rings (SSSR count). The number of sulfonamides is 1. The number of nitrogens with zero attached hydrogens (tertiary/aromatic N) is 1. The van der Waals surface area contributed by atoms with Crippen molar-refractivity contribution >= 4 is 66.3 Å². The topological polar surface area (TPSA) is 135 Å². The van der Waals surface area contributed by atoms with Crippen molar-refractivity contribution in [3.8, 4) is 11.1 Å². The zero-order valence-electron chi connectivity index (χ0n) is 23.7. The fourth-order valence-corrected chi connectivity index (χ4v) is 7.51. The number of fused-ring (bicyclic) bond motifs is 1.